The van der Waals surface area contributed by atoms with Crippen LogP contribution in [-0.2, 0) is 14.9 Å². The molecule has 0 spiro atoms. The van der Waals surface area contributed by atoms with Gasteiger partial charge in [-0.2, -0.15) is 0 Å². The van der Waals surface area contributed by atoms with E-state index in [4.69, 9.17) is 9.57 Å². The third kappa shape index (κ3) is 6.58. The number of carbonyl (C=O) groups is 1. The van der Waals surface area contributed by atoms with E-state index in [1.807, 2.05) is 6.92 Å². The predicted molar refractivity (Wildman–Crippen MR) is 138 cm³/mol. The molecule has 0 radical (unpaired) electrons. The minimum Gasteiger partial charge on any atom is -0.497 e. The smallest absolute Gasteiger partial charge is 0.278 e. The number of aryl methyl sites for hydroxylation is 2. The van der Waals surface area contributed by atoms with Crippen LogP contribution in [0.3, 0.4) is 0 Å². The van der Waals surface area contributed by atoms with Crippen molar-refractivity contribution in [3.05, 3.63) is 53.6 Å². The number of sulfonamides is 1. The molecule has 2 aromatic heterocycles. The standard InChI is InChI=1S/C23H29N7O5S/c1-7-35-29-23(31)17-13-24-21(28-22-10-14(2)25-15(3)26-22)12-19(17)27-18-9-8-16(34-5)11-20(18)30(4)36(6,32)33/h8-13H,7H2,1-6H3,(H,29,31)(H2,24,25,26,27,28). The second kappa shape index (κ2) is 11.2. The van der Waals surface area contributed by atoms with Crippen LogP contribution in [0.1, 0.15) is 28.8 Å². The number of nitrogens with zero attached hydrogens (tertiary/aromatic N) is 4. The van der Waals surface area contributed by atoms with Crippen molar-refractivity contribution >= 4 is 44.6 Å². The number of nitrogens with one attached hydrogen (secondary N) is 3. The van der Waals surface area contributed by atoms with Crippen LogP contribution in [0.2, 0.25) is 0 Å². The number of benzene rings is 1. The number of amides is 1. The maximum absolute atomic E-state index is 12.8. The number of carbonyl (C=O) groups excluding carboxylic acids is 1. The molecule has 0 bridgehead atoms. The van der Waals surface area contributed by atoms with Gasteiger partial charge >= 0.3 is 0 Å². The summed E-state index contributed by atoms with van der Waals surface area (Å²) in [6, 6.07) is 8.29. The lowest BCUT2D eigenvalue weighted by atomic mass is 10.2. The molecule has 12 nitrogen and oxygen atoms in total. The monoisotopic (exact) mass is 515 g/mol. The molecule has 1 amide bonds. The topological polar surface area (TPSA) is 148 Å². The van der Waals surface area contributed by atoms with Crippen LogP contribution < -0.4 is 25.2 Å². The highest BCUT2D eigenvalue weighted by Crippen LogP contribution is 2.35. The van der Waals surface area contributed by atoms with Gasteiger partial charge in [0.15, 0.2) is 0 Å². The molecule has 2 heterocycles. The van der Waals surface area contributed by atoms with Crippen LogP contribution in [0, 0.1) is 13.8 Å². The predicted octanol–water partition coefficient (Wildman–Crippen LogP) is 3.06. The SMILES string of the molecule is CCONC(=O)c1cnc(Nc2cc(C)nc(C)n2)cc1Nc1ccc(OC)cc1N(C)S(C)(=O)=O. The molecule has 0 saturated carbocycles. The van der Waals surface area contributed by atoms with Crippen molar-refractivity contribution in [1.29, 1.82) is 0 Å². The fraction of sp³-hybridized carbons (Fsp3) is 0.304. The molecule has 0 aliphatic heterocycles. The van der Waals surface area contributed by atoms with Crippen molar-refractivity contribution in [1.82, 2.24) is 20.4 Å². The van der Waals surface area contributed by atoms with E-state index in [9.17, 15) is 13.2 Å². The Bertz CT molecular complexity index is 1340. The first-order chi connectivity index (χ1) is 17.0. The van der Waals surface area contributed by atoms with Crippen LogP contribution in [-0.4, -0.2) is 56.3 Å². The summed E-state index contributed by atoms with van der Waals surface area (Å²) in [4.78, 5) is 30.8. The Kier molecular flexibility index (Phi) is 8.27. The van der Waals surface area contributed by atoms with Crippen LogP contribution in [0.4, 0.5) is 28.7 Å². The summed E-state index contributed by atoms with van der Waals surface area (Å²) in [5.41, 5.74) is 4.39. The third-order valence-corrected chi connectivity index (χ3v) is 6.18. The maximum atomic E-state index is 12.8. The number of anilines is 5. The highest BCUT2D eigenvalue weighted by atomic mass is 32.2. The Labute approximate surface area is 210 Å². The summed E-state index contributed by atoms with van der Waals surface area (Å²) in [6.45, 7) is 5.64. The molecule has 192 valence electrons. The summed E-state index contributed by atoms with van der Waals surface area (Å²) in [5.74, 6) is 1.46. The number of rotatable bonds is 10. The fourth-order valence-electron chi connectivity index (χ4n) is 3.24. The van der Waals surface area contributed by atoms with E-state index < -0.39 is 15.9 Å². The van der Waals surface area contributed by atoms with Gasteiger partial charge in [-0.15, -0.1) is 0 Å². The molecule has 13 heteroatoms. The van der Waals surface area contributed by atoms with Crippen LogP contribution in [0.15, 0.2) is 36.5 Å². The highest BCUT2D eigenvalue weighted by molar-refractivity contribution is 7.92. The third-order valence-electron chi connectivity index (χ3n) is 4.99. The summed E-state index contributed by atoms with van der Waals surface area (Å²) >= 11 is 0. The van der Waals surface area contributed by atoms with Gasteiger partial charge in [0.1, 0.15) is 23.2 Å². The van der Waals surface area contributed by atoms with E-state index in [1.165, 1.54) is 20.4 Å². The van der Waals surface area contributed by atoms with E-state index >= 15 is 0 Å². The van der Waals surface area contributed by atoms with Gasteiger partial charge in [-0.1, -0.05) is 0 Å². The summed E-state index contributed by atoms with van der Waals surface area (Å²) in [5, 5.41) is 6.27. The van der Waals surface area contributed by atoms with Crippen LogP contribution >= 0.6 is 0 Å². The first-order valence-corrected chi connectivity index (χ1v) is 12.8. The molecule has 3 N–H and O–H groups in total. The first kappa shape index (κ1) is 26.6. The lowest BCUT2D eigenvalue weighted by molar-refractivity contribution is 0.0365. The Morgan fingerprint density at radius 2 is 1.81 bits per heavy atom. The molecule has 0 saturated heterocycles. The average molecular weight is 516 g/mol. The van der Waals surface area contributed by atoms with Crippen molar-refractivity contribution in [2.24, 2.45) is 0 Å². The van der Waals surface area contributed by atoms with E-state index in [1.54, 1.807) is 44.2 Å². The second-order valence-corrected chi connectivity index (χ2v) is 9.80. The molecule has 1 aromatic carbocycles. The first-order valence-electron chi connectivity index (χ1n) is 10.9. The van der Waals surface area contributed by atoms with E-state index in [0.29, 0.717) is 40.3 Å². The average Bonchev–Trinajstić information content (AvgIpc) is 2.81. The maximum Gasteiger partial charge on any atom is 0.278 e. The normalized spacial score (nSPS) is 11.1. The molecule has 3 rings (SSSR count). The second-order valence-electron chi connectivity index (χ2n) is 7.78. The summed E-state index contributed by atoms with van der Waals surface area (Å²) in [7, 11) is -0.677. The molecule has 0 aliphatic carbocycles. The zero-order valence-electron chi connectivity index (χ0n) is 20.9. The van der Waals surface area contributed by atoms with Gasteiger partial charge in [0.05, 0.1) is 42.6 Å². The van der Waals surface area contributed by atoms with Crippen LogP contribution in [0.25, 0.3) is 0 Å². The number of hydrogen-bond donors (Lipinski definition) is 3. The largest absolute Gasteiger partial charge is 0.497 e. The fourth-order valence-corrected chi connectivity index (χ4v) is 3.75. The van der Waals surface area contributed by atoms with Gasteiger partial charge in [-0.05, 0) is 32.9 Å². The molecule has 3 aromatic rings. The van der Waals surface area contributed by atoms with Crippen molar-refractivity contribution < 1.29 is 22.8 Å². The van der Waals surface area contributed by atoms with Crippen molar-refractivity contribution in [2.45, 2.75) is 20.8 Å². The summed E-state index contributed by atoms with van der Waals surface area (Å²) in [6.07, 6.45) is 2.47. The molecule has 0 atom stereocenters. The number of aromatic nitrogens is 3. The van der Waals surface area contributed by atoms with Gasteiger partial charge in [-0.3, -0.25) is 13.9 Å². The lowest BCUT2D eigenvalue weighted by Crippen LogP contribution is -2.26. The highest BCUT2D eigenvalue weighted by Gasteiger charge is 2.20. The van der Waals surface area contributed by atoms with Gasteiger partial charge in [-0.25, -0.2) is 28.8 Å². The summed E-state index contributed by atoms with van der Waals surface area (Å²) < 4.78 is 31.0. The molecule has 36 heavy (non-hydrogen) atoms. The molecule has 0 unspecified atom stereocenters. The Balaban J connectivity index is 2.07. The molecule has 0 fully saturated rings. The van der Waals surface area contributed by atoms with E-state index in [0.717, 1.165) is 16.3 Å². The Hall–Kier alpha value is -3.97. The van der Waals surface area contributed by atoms with Gasteiger partial charge < -0.3 is 15.4 Å². The number of hydroxylamine groups is 1. The zero-order valence-corrected chi connectivity index (χ0v) is 21.7. The Morgan fingerprint density at radius 3 is 2.44 bits per heavy atom. The van der Waals surface area contributed by atoms with Crippen molar-refractivity contribution in [2.75, 3.05) is 42.0 Å². The zero-order chi connectivity index (χ0) is 26.5. The molecular formula is C23H29N7O5S. The van der Waals surface area contributed by atoms with E-state index in [2.05, 4.69) is 31.1 Å². The van der Waals surface area contributed by atoms with Crippen molar-refractivity contribution in [3.8, 4) is 5.75 Å². The number of hydrogen-bond acceptors (Lipinski definition) is 10. The van der Waals surface area contributed by atoms with Crippen molar-refractivity contribution in [3.63, 3.8) is 0 Å². The number of pyridine rings is 1. The van der Waals surface area contributed by atoms with Crippen LogP contribution in [0.5, 0.6) is 5.75 Å². The lowest BCUT2D eigenvalue weighted by Gasteiger charge is -2.22. The van der Waals surface area contributed by atoms with Gasteiger partial charge in [0, 0.05) is 37.1 Å². The minimum absolute atomic E-state index is 0.174. The number of ether oxygens (including phenoxy) is 1. The minimum atomic E-state index is -3.59. The van der Waals surface area contributed by atoms with Gasteiger partial charge in [0.2, 0.25) is 10.0 Å². The quantitative estimate of drug-likeness (QED) is 0.344. The number of methoxy groups -OCH3 is 1. The Morgan fingerprint density at radius 1 is 1.06 bits per heavy atom. The molecule has 0 aliphatic rings. The molecular weight excluding hydrogens is 486 g/mol. The van der Waals surface area contributed by atoms with Gasteiger partial charge in [0.25, 0.3) is 5.91 Å². The van der Waals surface area contributed by atoms with E-state index in [-0.39, 0.29) is 12.2 Å².